The molecule has 1 aromatic rings. The molecule has 2 rings (SSSR count). The van der Waals surface area contributed by atoms with Crippen LogP contribution in [-0.4, -0.2) is 43.9 Å². The lowest BCUT2D eigenvalue weighted by Crippen LogP contribution is -2.39. The third kappa shape index (κ3) is 7.26. The van der Waals surface area contributed by atoms with E-state index in [2.05, 4.69) is 15.6 Å². The molecule has 1 aromatic carbocycles. The van der Waals surface area contributed by atoms with Gasteiger partial charge in [0.05, 0.1) is 19.3 Å². The van der Waals surface area contributed by atoms with Gasteiger partial charge in [0.2, 0.25) is 0 Å². The molecule has 7 heteroatoms. The molecule has 0 amide bonds. The Morgan fingerprint density at radius 1 is 1.29 bits per heavy atom. The number of aliphatic hydroxyl groups is 1. The average molecular weight is 374 g/mol. The molecular formula is C17H25Cl2N3O2. The lowest BCUT2D eigenvalue weighted by molar-refractivity contribution is 0.129. The van der Waals surface area contributed by atoms with Gasteiger partial charge >= 0.3 is 0 Å². The number of hydrogen-bond acceptors (Lipinski definition) is 3. The minimum absolute atomic E-state index is 0.217. The van der Waals surface area contributed by atoms with Crippen molar-refractivity contribution < 1.29 is 9.84 Å². The van der Waals surface area contributed by atoms with Crippen molar-refractivity contribution in [2.45, 2.75) is 25.9 Å². The standard InChI is InChI=1S/C17H25Cl2N3O2/c1-2-20-17(21-5-6-24-11-12-3-4-12)22-10-16(23)13-7-14(18)9-15(19)8-13/h7-9,12,16,23H,2-6,10-11H2,1H3,(H2,20,21,22). The Balaban J connectivity index is 1.79. The fourth-order valence-electron chi connectivity index (χ4n) is 2.17. The van der Waals surface area contributed by atoms with Crippen molar-refractivity contribution in [1.82, 2.24) is 10.6 Å². The second-order valence-electron chi connectivity index (χ2n) is 5.88. The number of aliphatic imine (C=N–C) groups is 1. The molecule has 0 heterocycles. The minimum Gasteiger partial charge on any atom is -0.386 e. The number of nitrogens with one attached hydrogen (secondary N) is 2. The summed E-state index contributed by atoms with van der Waals surface area (Å²) in [6, 6.07) is 5.02. The van der Waals surface area contributed by atoms with Crippen LogP contribution in [0.4, 0.5) is 0 Å². The molecule has 0 spiro atoms. The molecule has 1 aliphatic rings. The van der Waals surface area contributed by atoms with Gasteiger partial charge in [0.15, 0.2) is 5.96 Å². The zero-order chi connectivity index (χ0) is 17.4. The number of halogens is 2. The zero-order valence-corrected chi connectivity index (χ0v) is 15.4. The molecule has 1 saturated carbocycles. The van der Waals surface area contributed by atoms with Crippen LogP contribution >= 0.6 is 23.2 Å². The van der Waals surface area contributed by atoms with Crippen LogP contribution in [-0.2, 0) is 4.74 Å². The highest BCUT2D eigenvalue weighted by molar-refractivity contribution is 6.34. The molecule has 1 aliphatic carbocycles. The first-order valence-corrected chi connectivity index (χ1v) is 9.08. The second-order valence-corrected chi connectivity index (χ2v) is 6.76. The number of ether oxygens (including phenoxy) is 1. The molecule has 3 N–H and O–H groups in total. The van der Waals surface area contributed by atoms with Gasteiger partial charge in [-0.15, -0.1) is 0 Å². The first-order valence-electron chi connectivity index (χ1n) is 8.32. The van der Waals surface area contributed by atoms with Crippen molar-refractivity contribution in [3.8, 4) is 0 Å². The lowest BCUT2D eigenvalue weighted by atomic mass is 10.1. The number of nitrogens with zero attached hydrogens (tertiary/aromatic N) is 1. The van der Waals surface area contributed by atoms with E-state index in [1.54, 1.807) is 18.2 Å². The number of benzene rings is 1. The molecule has 0 saturated heterocycles. The van der Waals surface area contributed by atoms with Gasteiger partial charge in [-0.05, 0) is 49.4 Å². The Kier molecular flexibility index (Phi) is 8.12. The van der Waals surface area contributed by atoms with Crippen LogP contribution in [0.5, 0.6) is 0 Å². The summed E-state index contributed by atoms with van der Waals surface area (Å²) in [5, 5.41) is 17.6. The summed E-state index contributed by atoms with van der Waals surface area (Å²) < 4.78 is 5.58. The molecule has 0 aliphatic heterocycles. The fraction of sp³-hybridized carbons (Fsp3) is 0.588. The quantitative estimate of drug-likeness (QED) is 0.353. The van der Waals surface area contributed by atoms with Crippen LogP contribution in [0.25, 0.3) is 0 Å². The zero-order valence-electron chi connectivity index (χ0n) is 13.9. The van der Waals surface area contributed by atoms with Gasteiger partial charge in [-0.3, -0.25) is 4.99 Å². The lowest BCUT2D eigenvalue weighted by Gasteiger charge is -2.14. The van der Waals surface area contributed by atoms with Crippen molar-refractivity contribution in [3.05, 3.63) is 33.8 Å². The van der Waals surface area contributed by atoms with Crippen LogP contribution in [0, 0.1) is 5.92 Å². The van der Waals surface area contributed by atoms with Crippen LogP contribution in [0.2, 0.25) is 10.0 Å². The highest BCUT2D eigenvalue weighted by Crippen LogP contribution is 2.28. The van der Waals surface area contributed by atoms with Gasteiger partial charge in [-0.2, -0.15) is 0 Å². The molecule has 134 valence electrons. The van der Waals surface area contributed by atoms with E-state index in [1.165, 1.54) is 12.8 Å². The maximum Gasteiger partial charge on any atom is 0.191 e. The molecule has 0 bridgehead atoms. The molecule has 1 atom stereocenters. The maximum atomic E-state index is 10.3. The third-order valence-electron chi connectivity index (χ3n) is 3.63. The topological polar surface area (TPSA) is 65.9 Å². The summed E-state index contributed by atoms with van der Waals surface area (Å²) in [4.78, 5) is 4.40. The molecule has 1 fully saturated rings. The average Bonchev–Trinajstić information content (AvgIpc) is 3.35. The van der Waals surface area contributed by atoms with E-state index in [-0.39, 0.29) is 6.54 Å². The van der Waals surface area contributed by atoms with E-state index >= 15 is 0 Å². The van der Waals surface area contributed by atoms with E-state index in [0.29, 0.717) is 34.7 Å². The van der Waals surface area contributed by atoms with E-state index in [4.69, 9.17) is 27.9 Å². The van der Waals surface area contributed by atoms with Crippen molar-refractivity contribution >= 4 is 29.2 Å². The fourth-order valence-corrected chi connectivity index (χ4v) is 2.71. The SMILES string of the molecule is CCNC(=NCC(O)c1cc(Cl)cc(Cl)c1)NCCOCC1CC1. The molecule has 0 aromatic heterocycles. The van der Waals surface area contributed by atoms with Gasteiger partial charge in [-0.25, -0.2) is 0 Å². The number of aliphatic hydroxyl groups excluding tert-OH is 1. The van der Waals surface area contributed by atoms with E-state index < -0.39 is 6.10 Å². The Bertz CT molecular complexity index is 530. The van der Waals surface area contributed by atoms with Gasteiger partial charge < -0.3 is 20.5 Å². The second kappa shape index (κ2) is 10.1. The van der Waals surface area contributed by atoms with Crippen molar-refractivity contribution in [2.75, 3.05) is 32.8 Å². The summed E-state index contributed by atoms with van der Waals surface area (Å²) in [5.74, 6) is 1.42. The first-order chi connectivity index (χ1) is 11.6. The monoisotopic (exact) mass is 373 g/mol. The highest BCUT2D eigenvalue weighted by atomic mass is 35.5. The summed E-state index contributed by atoms with van der Waals surface area (Å²) in [6.45, 7) is 5.13. The summed E-state index contributed by atoms with van der Waals surface area (Å²) in [5.41, 5.74) is 0.653. The molecular weight excluding hydrogens is 349 g/mol. The predicted octanol–water partition coefficient (Wildman–Crippen LogP) is 3.01. The minimum atomic E-state index is -0.761. The molecule has 5 nitrogen and oxygen atoms in total. The Morgan fingerprint density at radius 3 is 2.62 bits per heavy atom. The Labute approximate surface area is 153 Å². The van der Waals surface area contributed by atoms with Gasteiger partial charge in [-0.1, -0.05) is 23.2 Å². The van der Waals surface area contributed by atoms with E-state index in [0.717, 1.165) is 19.1 Å². The van der Waals surface area contributed by atoms with Gasteiger partial charge in [0.1, 0.15) is 0 Å². The summed E-state index contributed by atoms with van der Waals surface area (Å²) >= 11 is 11.9. The van der Waals surface area contributed by atoms with Crippen LogP contribution in [0.1, 0.15) is 31.4 Å². The molecule has 1 unspecified atom stereocenters. The van der Waals surface area contributed by atoms with Crippen LogP contribution in [0.3, 0.4) is 0 Å². The van der Waals surface area contributed by atoms with Gasteiger partial charge in [0, 0.05) is 29.7 Å². The summed E-state index contributed by atoms with van der Waals surface area (Å²) in [7, 11) is 0. The van der Waals surface area contributed by atoms with Crippen molar-refractivity contribution in [1.29, 1.82) is 0 Å². The van der Waals surface area contributed by atoms with Gasteiger partial charge in [0.25, 0.3) is 0 Å². The van der Waals surface area contributed by atoms with E-state index in [9.17, 15) is 5.11 Å². The third-order valence-corrected chi connectivity index (χ3v) is 4.06. The highest BCUT2D eigenvalue weighted by Gasteiger charge is 2.20. The van der Waals surface area contributed by atoms with Crippen LogP contribution < -0.4 is 10.6 Å². The smallest absolute Gasteiger partial charge is 0.191 e. The summed E-state index contributed by atoms with van der Waals surface area (Å²) in [6.07, 6.45) is 1.83. The molecule has 24 heavy (non-hydrogen) atoms. The number of hydrogen-bond donors (Lipinski definition) is 3. The largest absolute Gasteiger partial charge is 0.386 e. The van der Waals surface area contributed by atoms with Crippen LogP contribution in [0.15, 0.2) is 23.2 Å². The van der Waals surface area contributed by atoms with Crippen molar-refractivity contribution in [2.24, 2.45) is 10.9 Å². The number of rotatable bonds is 9. The number of guanidine groups is 1. The predicted molar refractivity (Wildman–Crippen MR) is 98.9 cm³/mol. The maximum absolute atomic E-state index is 10.3. The Hall–Kier alpha value is -1.01. The Morgan fingerprint density at radius 2 is 2.00 bits per heavy atom. The normalized spacial score (nSPS) is 16.1. The van der Waals surface area contributed by atoms with E-state index in [1.807, 2.05) is 6.92 Å². The molecule has 0 radical (unpaired) electrons. The van der Waals surface area contributed by atoms with Crippen molar-refractivity contribution in [3.63, 3.8) is 0 Å². The first kappa shape index (κ1) is 19.3.